The minimum Gasteiger partial charge on any atom is -0.482 e. The molecule has 1 amide bonds. The SMILES string of the molecule is CCn1c(SCC(=O)Nc2sc(C)c(C)c2C(=O)OC)nnc1C(C)Oc1ccc(C)cc1C. The Morgan fingerprint density at radius 2 is 1.94 bits per heavy atom. The topological polar surface area (TPSA) is 95.3 Å². The number of methoxy groups -OCH3 is 1. The number of nitrogens with one attached hydrogen (secondary N) is 1. The zero-order valence-electron chi connectivity index (χ0n) is 20.5. The van der Waals surface area contributed by atoms with E-state index in [-0.39, 0.29) is 17.8 Å². The van der Waals surface area contributed by atoms with E-state index >= 15 is 0 Å². The van der Waals surface area contributed by atoms with Crippen LogP contribution >= 0.6 is 23.1 Å². The number of thioether (sulfide) groups is 1. The highest BCUT2D eigenvalue weighted by Gasteiger charge is 2.23. The molecule has 182 valence electrons. The minimum atomic E-state index is -0.460. The molecule has 0 fully saturated rings. The number of hydrogen-bond donors (Lipinski definition) is 1. The number of nitrogens with zero attached hydrogens (tertiary/aromatic N) is 3. The number of carbonyl (C=O) groups is 2. The van der Waals surface area contributed by atoms with E-state index in [1.807, 2.05) is 58.2 Å². The van der Waals surface area contributed by atoms with Gasteiger partial charge >= 0.3 is 5.97 Å². The summed E-state index contributed by atoms with van der Waals surface area (Å²) in [5.74, 6) is 0.936. The van der Waals surface area contributed by atoms with Gasteiger partial charge in [0.15, 0.2) is 17.1 Å². The fourth-order valence-electron chi connectivity index (χ4n) is 3.54. The molecule has 3 rings (SSSR count). The molecule has 34 heavy (non-hydrogen) atoms. The molecule has 1 unspecified atom stereocenters. The fourth-order valence-corrected chi connectivity index (χ4v) is 5.41. The first-order chi connectivity index (χ1) is 16.2. The molecule has 0 aliphatic carbocycles. The monoisotopic (exact) mass is 502 g/mol. The number of benzene rings is 1. The number of thiophene rings is 1. The molecule has 2 heterocycles. The van der Waals surface area contributed by atoms with Gasteiger partial charge in [-0.25, -0.2) is 4.79 Å². The van der Waals surface area contributed by atoms with Crippen molar-refractivity contribution in [2.24, 2.45) is 0 Å². The summed E-state index contributed by atoms with van der Waals surface area (Å²) in [6.07, 6.45) is -0.309. The van der Waals surface area contributed by atoms with Gasteiger partial charge in [-0.05, 0) is 58.7 Å². The summed E-state index contributed by atoms with van der Waals surface area (Å²) in [6, 6.07) is 6.06. The Morgan fingerprint density at radius 3 is 2.59 bits per heavy atom. The van der Waals surface area contributed by atoms with Crippen molar-refractivity contribution in [2.75, 3.05) is 18.2 Å². The quantitative estimate of drug-likeness (QED) is 0.315. The van der Waals surface area contributed by atoms with Crippen LogP contribution in [0.4, 0.5) is 5.00 Å². The molecule has 0 radical (unpaired) electrons. The summed E-state index contributed by atoms with van der Waals surface area (Å²) in [5, 5.41) is 12.6. The fraction of sp³-hybridized carbons (Fsp3) is 0.417. The Kier molecular flexibility index (Phi) is 8.37. The van der Waals surface area contributed by atoms with Crippen molar-refractivity contribution in [1.82, 2.24) is 14.8 Å². The molecule has 10 heteroatoms. The van der Waals surface area contributed by atoms with E-state index in [9.17, 15) is 9.59 Å². The summed E-state index contributed by atoms with van der Waals surface area (Å²) in [4.78, 5) is 25.8. The lowest BCUT2D eigenvalue weighted by atomic mass is 10.1. The van der Waals surface area contributed by atoms with E-state index in [4.69, 9.17) is 9.47 Å². The van der Waals surface area contributed by atoms with Gasteiger partial charge in [0.05, 0.1) is 18.4 Å². The van der Waals surface area contributed by atoms with Crippen LogP contribution in [-0.2, 0) is 16.1 Å². The largest absolute Gasteiger partial charge is 0.482 e. The Hall–Kier alpha value is -2.85. The van der Waals surface area contributed by atoms with Crippen molar-refractivity contribution in [3.63, 3.8) is 0 Å². The summed E-state index contributed by atoms with van der Waals surface area (Å²) in [5.41, 5.74) is 3.46. The number of aryl methyl sites for hydroxylation is 3. The average molecular weight is 503 g/mol. The van der Waals surface area contributed by atoms with Gasteiger partial charge in [-0.15, -0.1) is 21.5 Å². The standard InChI is InChI=1S/C24H30N4O4S2/c1-8-28-21(16(5)32-18-10-9-13(2)11-14(18)3)26-27-24(28)33-12-19(29)25-22-20(23(30)31-7)15(4)17(6)34-22/h9-11,16H,8,12H2,1-7H3,(H,25,29). The third-order valence-electron chi connectivity index (χ3n) is 5.42. The lowest BCUT2D eigenvalue weighted by Gasteiger charge is -2.17. The van der Waals surface area contributed by atoms with Crippen molar-refractivity contribution in [1.29, 1.82) is 0 Å². The Labute approximate surface area is 208 Å². The molecule has 0 aliphatic rings. The van der Waals surface area contributed by atoms with Crippen LogP contribution in [0.5, 0.6) is 5.75 Å². The number of ether oxygens (including phenoxy) is 2. The molecule has 3 aromatic rings. The lowest BCUT2D eigenvalue weighted by Crippen LogP contribution is -2.17. The van der Waals surface area contributed by atoms with Crippen molar-refractivity contribution in [3.8, 4) is 5.75 Å². The first-order valence-corrected chi connectivity index (χ1v) is 12.7. The van der Waals surface area contributed by atoms with Crippen LogP contribution < -0.4 is 10.1 Å². The number of carbonyl (C=O) groups excluding carboxylic acids is 2. The average Bonchev–Trinajstić information content (AvgIpc) is 3.33. The van der Waals surface area contributed by atoms with Crippen molar-refractivity contribution >= 4 is 40.0 Å². The maximum atomic E-state index is 12.7. The van der Waals surface area contributed by atoms with Crippen LogP contribution in [0.3, 0.4) is 0 Å². The number of hydrogen-bond acceptors (Lipinski definition) is 8. The first-order valence-electron chi connectivity index (χ1n) is 10.9. The molecule has 1 N–H and O–H groups in total. The van der Waals surface area contributed by atoms with Crippen molar-refractivity contribution in [2.45, 2.75) is 59.3 Å². The Morgan fingerprint density at radius 1 is 1.21 bits per heavy atom. The van der Waals surface area contributed by atoms with Gasteiger partial charge in [0.2, 0.25) is 5.91 Å². The van der Waals surface area contributed by atoms with Crippen LogP contribution in [0.15, 0.2) is 23.4 Å². The molecule has 1 atom stereocenters. The molecule has 2 aromatic heterocycles. The van der Waals surface area contributed by atoms with Gasteiger partial charge < -0.3 is 19.4 Å². The van der Waals surface area contributed by atoms with Gasteiger partial charge in [0.1, 0.15) is 10.8 Å². The van der Waals surface area contributed by atoms with Crippen LogP contribution in [0.2, 0.25) is 0 Å². The molecule has 0 bridgehead atoms. The van der Waals surface area contributed by atoms with Crippen LogP contribution in [0, 0.1) is 27.7 Å². The van der Waals surface area contributed by atoms with Crippen LogP contribution in [0.25, 0.3) is 0 Å². The predicted octanol–water partition coefficient (Wildman–Crippen LogP) is 5.25. The van der Waals surface area contributed by atoms with Crippen LogP contribution in [-0.4, -0.2) is 39.5 Å². The maximum Gasteiger partial charge on any atom is 0.341 e. The molecular formula is C24H30N4O4S2. The molecule has 8 nitrogen and oxygen atoms in total. The van der Waals surface area contributed by atoms with Gasteiger partial charge in [-0.2, -0.15) is 0 Å². The third-order valence-corrected chi connectivity index (χ3v) is 7.51. The van der Waals surface area contributed by atoms with Crippen LogP contribution in [0.1, 0.15) is 57.7 Å². The Balaban J connectivity index is 1.69. The summed E-state index contributed by atoms with van der Waals surface area (Å²) >= 11 is 2.65. The second-order valence-corrected chi connectivity index (χ2v) is 10.1. The first kappa shape index (κ1) is 25.8. The summed E-state index contributed by atoms with van der Waals surface area (Å²) < 4.78 is 13.0. The third kappa shape index (κ3) is 5.61. The highest BCUT2D eigenvalue weighted by molar-refractivity contribution is 7.99. The van der Waals surface area contributed by atoms with Gasteiger partial charge in [-0.1, -0.05) is 29.5 Å². The molecule has 0 saturated carbocycles. The van der Waals surface area contributed by atoms with E-state index in [2.05, 4.69) is 21.6 Å². The van der Waals surface area contributed by atoms with Gasteiger partial charge in [0, 0.05) is 11.4 Å². The van der Waals surface area contributed by atoms with E-state index in [1.54, 1.807) is 0 Å². The molecule has 0 saturated heterocycles. The zero-order chi connectivity index (χ0) is 25.0. The highest BCUT2D eigenvalue weighted by Crippen LogP contribution is 2.33. The van der Waals surface area contributed by atoms with E-state index in [0.29, 0.717) is 28.1 Å². The minimum absolute atomic E-state index is 0.126. The number of amides is 1. The van der Waals surface area contributed by atoms with Gasteiger partial charge in [0.25, 0.3) is 0 Å². The normalized spacial score (nSPS) is 11.9. The molecule has 0 aliphatic heterocycles. The number of rotatable bonds is 9. The maximum absolute atomic E-state index is 12.7. The molecule has 1 aromatic carbocycles. The van der Waals surface area contributed by atoms with Crippen molar-refractivity contribution < 1.29 is 19.1 Å². The smallest absolute Gasteiger partial charge is 0.341 e. The predicted molar refractivity (Wildman–Crippen MR) is 135 cm³/mol. The van der Waals surface area contributed by atoms with E-state index in [0.717, 1.165) is 21.8 Å². The second-order valence-electron chi connectivity index (χ2n) is 7.93. The number of aromatic nitrogens is 3. The molecule has 0 spiro atoms. The Bertz CT molecular complexity index is 1200. The van der Waals surface area contributed by atoms with E-state index < -0.39 is 5.97 Å². The second kappa shape index (κ2) is 11.1. The van der Waals surface area contributed by atoms with E-state index in [1.165, 1.54) is 35.8 Å². The number of esters is 1. The van der Waals surface area contributed by atoms with Gasteiger partial charge in [-0.3, -0.25) is 4.79 Å². The van der Waals surface area contributed by atoms with Crippen molar-refractivity contribution in [3.05, 3.63) is 51.2 Å². The zero-order valence-corrected chi connectivity index (χ0v) is 22.1. The number of anilines is 1. The summed E-state index contributed by atoms with van der Waals surface area (Å²) in [6.45, 7) is 12.4. The highest BCUT2D eigenvalue weighted by atomic mass is 32.2. The lowest BCUT2D eigenvalue weighted by molar-refractivity contribution is -0.113. The summed E-state index contributed by atoms with van der Waals surface area (Å²) in [7, 11) is 1.33. The molecular weight excluding hydrogens is 472 g/mol.